The number of rotatable bonds is 4. The van der Waals surface area contributed by atoms with Crippen LogP contribution in [0.25, 0.3) is 11.3 Å². The smallest absolute Gasteiger partial charge is 0.358 e. The van der Waals surface area contributed by atoms with Crippen molar-refractivity contribution >= 4 is 17.7 Å². The second-order valence-corrected chi connectivity index (χ2v) is 6.01. The molecule has 1 atom stereocenters. The van der Waals surface area contributed by atoms with Crippen molar-refractivity contribution in [2.45, 2.75) is 18.9 Å². The summed E-state index contributed by atoms with van der Waals surface area (Å²) in [4.78, 5) is 10.8. The van der Waals surface area contributed by atoms with E-state index in [1.807, 2.05) is 36.0 Å². The van der Waals surface area contributed by atoms with E-state index in [-0.39, 0.29) is 11.8 Å². The monoisotopic (exact) mass is 305 g/mol. The maximum Gasteiger partial charge on any atom is 0.358 e. The summed E-state index contributed by atoms with van der Waals surface area (Å²) in [6.07, 6.45) is 2.57. The first-order valence-electron chi connectivity index (χ1n) is 6.77. The lowest BCUT2D eigenvalue weighted by molar-refractivity contribution is 0.0686. The van der Waals surface area contributed by atoms with E-state index < -0.39 is 5.97 Å². The molecule has 2 heterocycles. The molecule has 6 heteroatoms. The number of carboxylic acid groups (broad SMARTS) is 1. The Morgan fingerprint density at radius 2 is 2.19 bits per heavy atom. The SMILES string of the molecule is O=C(O)c1cc(-c2ccc(OC3CCCSC3)cc2)on1. The van der Waals surface area contributed by atoms with Crippen LogP contribution < -0.4 is 4.74 Å². The molecule has 2 aromatic rings. The molecule has 0 aliphatic carbocycles. The Morgan fingerprint density at radius 3 is 2.81 bits per heavy atom. The molecule has 3 rings (SSSR count). The molecule has 5 nitrogen and oxygen atoms in total. The summed E-state index contributed by atoms with van der Waals surface area (Å²) in [5, 5.41) is 12.3. The molecule has 1 aromatic carbocycles. The lowest BCUT2D eigenvalue weighted by Gasteiger charge is -2.22. The Morgan fingerprint density at radius 1 is 1.38 bits per heavy atom. The van der Waals surface area contributed by atoms with Gasteiger partial charge in [0, 0.05) is 17.4 Å². The van der Waals surface area contributed by atoms with Crippen molar-refractivity contribution < 1.29 is 19.2 Å². The zero-order valence-corrected chi connectivity index (χ0v) is 12.1. The maximum atomic E-state index is 10.8. The molecule has 1 unspecified atom stereocenters. The van der Waals surface area contributed by atoms with E-state index in [0.717, 1.165) is 23.5 Å². The Hall–Kier alpha value is -1.95. The summed E-state index contributed by atoms with van der Waals surface area (Å²) in [7, 11) is 0. The van der Waals surface area contributed by atoms with Crippen LogP contribution in [0.1, 0.15) is 23.3 Å². The fourth-order valence-electron chi connectivity index (χ4n) is 2.21. The topological polar surface area (TPSA) is 72.6 Å². The van der Waals surface area contributed by atoms with Crippen LogP contribution in [0.2, 0.25) is 0 Å². The van der Waals surface area contributed by atoms with Crippen molar-refractivity contribution in [1.82, 2.24) is 5.16 Å². The lowest BCUT2D eigenvalue weighted by Crippen LogP contribution is -2.23. The molecule has 21 heavy (non-hydrogen) atoms. The number of hydrogen-bond acceptors (Lipinski definition) is 5. The highest BCUT2D eigenvalue weighted by Crippen LogP contribution is 2.26. The number of thioether (sulfide) groups is 1. The van der Waals surface area contributed by atoms with Gasteiger partial charge in [0.2, 0.25) is 0 Å². The average Bonchev–Trinajstić information content (AvgIpc) is 2.99. The van der Waals surface area contributed by atoms with Crippen LogP contribution in [0.3, 0.4) is 0 Å². The Kier molecular flexibility index (Phi) is 4.15. The van der Waals surface area contributed by atoms with Crippen LogP contribution >= 0.6 is 11.8 Å². The highest BCUT2D eigenvalue weighted by molar-refractivity contribution is 7.99. The van der Waals surface area contributed by atoms with Gasteiger partial charge in [-0.15, -0.1) is 0 Å². The van der Waals surface area contributed by atoms with Crippen molar-refractivity contribution in [3.63, 3.8) is 0 Å². The van der Waals surface area contributed by atoms with E-state index in [9.17, 15) is 4.79 Å². The van der Waals surface area contributed by atoms with Crippen molar-refractivity contribution in [2.24, 2.45) is 0 Å². The van der Waals surface area contributed by atoms with Crippen LogP contribution in [0.5, 0.6) is 5.75 Å². The van der Waals surface area contributed by atoms with Crippen LogP contribution in [0, 0.1) is 0 Å². The zero-order chi connectivity index (χ0) is 14.7. The van der Waals surface area contributed by atoms with E-state index >= 15 is 0 Å². The molecule has 0 bridgehead atoms. The van der Waals surface area contributed by atoms with Gasteiger partial charge < -0.3 is 14.4 Å². The number of carboxylic acids is 1. The quantitative estimate of drug-likeness (QED) is 0.934. The molecule has 1 aliphatic heterocycles. The third-order valence-electron chi connectivity index (χ3n) is 3.29. The van der Waals surface area contributed by atoms with Crippen LogP contribution in [0.15, 0.2) is 34.9 Å². The predicted octanol–water partition coefficient (Wildman–Crippen LogP) is 3.31. The molecular weight excluding hydrogens is 290 g/mol. The van der Waals surface area contributed by atoms with Crippen molar-refractivity contribution in [2.75, 3.05) is 11.5 Å². The molecule has 0 radical (unpaired) electrons. The number of ether oxygens (including phenoxy) is 1. The third-order valence-corrected chi connectivity index (χ3v) is 4.47. The van der Waals surface area contributed by atoms with Crippen molar-refractivity contribution in [3.05, 3.63) is 36.0 Å². The standard InChI is InChI=1S/C15H15NO4S/c17-15(18)13-8-14(20-16-13)10-3-5-11(6-4-10)19-12-2-1-7-21-9-12/h3-6,8,12H,1-2,7,9H2,(H,17,18). The largest absolute Gasteiger partial charge is 0.490 e. The Bertz CT molecular complexity index is 617. The normalized spacial score (nSPS) is 18.4. The summed E-state index contributed by atoms with van der Waals surface area (Å²) in [5.41, 5.74) is 0.685. The van der Waals surface area contributed by atoms with Gasteiger partial charge in [-0.1, -0.05) is 5.16 Å². The van der Waals surface area contributed by atoms with Gasteiger partial charge in [-0.25, -0.2) is 4.79 Å². The molecule has 1 aromatic heterocycles. The second kappa shape index (κ2) is 6.22. The molecule has 1 aliphatic rings. The number of benzene rings is 1. The first kappa shape index (κ1) is 14.0. The molecule has 1 saturated heterocycles. The zero-order valence-electron chi connectivity index (χ0n) is 11.3. The van der Waals surface area contributed by atoms with Crippen molar-refractivity contribution in [1.29, 1.82) is 0 Å². The van der Waals surface area contributed by atoms with Gasteiger partial charge in [0.25, 0.3) is 0 Å². The Labute approximate surface area is 126 Å². The first-order valence-corrected chi connectivity index (χ1v) is 7.93. The summed E-state index contributed by atoms with van der Waals surface area (Å²) in [6.45, 7) is 0. The highest BCUT2D eigenvalue weighted by atomic mass is 32.2. The van der Waals surface area contributed by atoms with Gasteiger partial charge in [0.15, 0.2) is 11.5 Å². The minimum Gasteiger partial charge on any atom is -0.490 e. The van der Waals surface area contributed by atoms with Crippen LogP contribution in [-0.2, 0) is 0 Å². The number of aromatic nitrogens is 1. The van der Waals surface area contributed by atoms with Gasteiger partial charge in [0.05, 0.1) is 0 Å². The minimum atomic E-state index is -1.10. The van der Waals surface area contributed by atoms with Gasteiger partial charge in [0.1, 0.15) is 11.9 Å². The molecule has 1 fully saturated rings. The van der Waals surface area contributed by atoms with Crippen molar-refractivity contribution in [3.8, 4) is 17.1 Å². The number of carbonyl (C=O) groups is 1. The Balaban J connectivity index is 1.69. The van der Waals surface area contributed by atoms with E-state index in [0.29, 0.717) is 5.76 Å². The van der Waals surface area contributed by atoms with E-state index in [1.54, 1.807) is 0 Å². The number of nitrogens with zero attached hydrogens (tertiary/aromatic N) is 1. The number of aromatic carboxylic acids is 1. The molecule has 1 N–H and O–H groups in total. The molecule has 110 valence electrons. The summed E-state index contributed by atoms with van der Waals surface area (Å²) >= 11 is 1.92. The highest BCUT2D eigenvalue weighted by Gasteiger charge is 2.16. The summed E-state index contributed by atoms with van der Waals surface area (Å²) in [5.74, 6) is 2.42. The van der Waals surface area contributed by atoms with Crippen LogP contribution in [-0.4, -0.2) is 33.8 Å². The molecule has 0 saturated carbocycles. The third kappa shape index (κ3) is 3.39. The van der Waals surface area contributed by atoms with E-state index in [2.05, 4.69) is 5.16 Å². The van der Waals surface area contributed by atoms with E-state index in [4.69, 9.17) is 14.4 Å². The second-order valence-electron chi connectivity index (χ2n) is 4.86. The van der Waals surface area contributed by atoms with Gasteiger partial charge in [-0.2, -0.15) is 11.8 Å². The summed E-state index contributed by atoms with van der Waals surface area (Å²) < 4.78 is 11.0. The maximum absolute atomic E-state index is 10.8. The average molecular weight is 305 g/mol. The molecule has 0 spiro atoms. The lowest BCUT2D eigenvalue weighted by atomic mass is 10.1. The van der Waals surface area contributed by atoms with Crippen LogP contribution in [0.4, 0.5) is 0 Å². The fourth-order valence-corrected chi connectivity index (χ4v) is 3.24. The fraction of sp³-hybridized carbons (Fsp3) is 0.333. The van der Waals surface area contributed by atoms with E-state index in [1.165, 1.54) is 18.2 Å². The number of hydrogen-bond donors (Lipinski definition) is 1. The minimum absolute atomic E-state index is 0.0930. The predicted molar refractivity (Wildman–Crippen MR) is 79.9 cm³/mol. The van der Waals surface area contributed by atoms with Gasteiger partial charge in [-0.3, -0.25) is 0 Å². The molecule has 0 amide bonds. The van der Waals surface area contributed by atoms with Gasteiger partial charge in [-0.05, 0) is 42.9 Å². The molecular formula is C15H15NO4S. The first-order chi connectivity index (χ1) is 10.2. The van der Waals surface area contributed by atoms with Gasteiger partial charge >= 0.3 is 5.97 Å². The summed E-state index contributed by atoms with van der Waals surface area (Å²) in [6, 6.07) is 8.85.